The molecule has 3 heteroatoms. The topological polar surface area (TPSA) is 9.23 Å². The molecule has 0 amide bonds. The minimum Gasteiger partial charge on any atom is -0.454 e. The maximum absolute atomic E-state index is 5.59. The molecule has 0 N–H and O–H groups in total. The Balaban J connectivity index is 3.45. The van der Waals surface area contributed by atoms with Crippen molar-refractivity contribution in [1.82, 2.24) is 0 Å². The van der Waals surface area contributed by atoms with Gasteiger partial charge in [-0.15, -0.1) is 13.2 Å². The molecule has 0 aromatic carbocycles. The van der Waals surface area contributed by atoms with E-state index in [9.17, 15) is 0 Å². The quantitative estimate of drug-likeness (QED) is 0.558. The maximum Gasteiger partial charge on any atom is 0.184 e. The third kappa shape index (κ3) is 4.38. The lowest BCUT2D eigenvalue weighted by atomic mass is 11.3. The molecule has 0 aliphatic rings. The highest BCUT2D eigenvalue weighted by molar-refractivity contribution is 6.69. The summed E-state index contributed by atoms with van der Waals surface area (Å²) in [4.78, 5) is 0. The molecule has 9 heavy (non-hydrogen) atoms. The van der Waals surface area contributed by atoms with Crippen LogP contribution in [0.2, 0.25) is 13.1 Å². The number of rotatable bonds is 4. The van der Waals surface area contributed by atoms with Gasteiger partial charge in [-0.25, -0.2) is 0 Å². The minimum absolute atomic E-state index is 1.00. The highest BCUT2D eigenvalue weighted by Gasteiger charge is 2.02. The molecule has 0 saturated carbocycles. The molecule has 0 aliphatic carbocycles. The van der Waals surface area contributed by atoms with Gasteiger partial charge in [0.1, 0.15) is 0 Å². The van der Waals surface area contributed by atoms with E-state index in [-0.39, 0.29) is 0 Å². The van der Waals surface area contributed by atoms with E-state index in [2.05, 4.69) is 26.3 Å². The number of hydrogen-bond donors (Lipinski definition) is 0. The van der Waals surface area contributed by atoms with E-state index in [0.29, 0.717) is 0 Å². The van der Waals surface area contributed by atoms with Crippen molar-refractivity contribution >= 4 is 18.1 Å². The van der Waals surface area contributed by atoms with Crippen molar-refractivity contribution in [3.05, 3.63) is 24.6 Å². The van der Waals surface area contributed by atoms with Gasteiger partial charge in [-0.3, -0.25) is 0 Å². The predicted octanol–water partition coefficient (Wildman–Crippen LogP) is 1.16. The Morgan fingerprint density at radius 1 is 1.11 bits per heavy atom. The first-order valence-electron chi connectivity index (χ1n) is 3.11. The second kappa shape index (κ2) is 4.72. The van der Waals surface area contributed by atoms with Gasteiger partial charge in [0.2, 0.25) is 0 Å². The maximum atomic E-state index is 5.59. The summed E-state index contributed by atoms with van der Waals surface area (Å²) >= 11 is 0. The summed E-state index contributed by atoms with van der Waals surface area (Å²) in [5.41, 5.74) is 3.88. The Labute approximate surface area is 60.5 Å². The molecule has 0 heterocycles. The summed E-state index contributed by atoms with van der Waals surface area (Å²) in [6.45, 7) is 11.6. The Morgan fingerprint density at radius 2 is 1.44 bits per heavy atom. The summed E-state index contributed by atoms with van der Waals surface area (Å²) < 4.78 is 5.59. The minimum atomic E-state index is -1.00. The van der Waals surface area contributed by atoms with Gasteiger partial charge in [-0.2, -0.15) is 0 Å². The van der Waals surface area contributed by atoms with Gasteiger partial charge in [-0.1, -0.05) is 11.4 Å². The SMILES string of the molecule is C=C[SiH](C)O[SiH](C)C=C. The van der Waals surface area contributed by atoms with Gasteiger partial charge in [0, 0.05) is 0 Å². The summed E-state index contributed by atoms with van der Waals surface area (Å²) in [5, 5.41) is 0. The van der Waals surface area contributed by atoms with Crippen molar-refractivity contribution in [2.24, 2.45) is 0 Å². The first-order valence-corrected chi connectivity index (χ1v) is 7.69. The smallest absolute Gasteiger partial charge is 0.184 e. The number of hydrogen-bond acceptors (Lipinski definition) is 1. The molecule has 0 aromatic heterocycles. The zero-order valence-electron chi connectivity index (χ0n) is 6.13. The largest absolute Gasteiger partial charge is 0.454 e. The Bertz CT molecular complexity index is 91.2. The predicted molar refractivity (Wildman–Crippen MR) is 47.5 cm³/mol. The molecule has 0 radical (unpaired) electrons. The van der Waals surface area contributed by atoms with Crippen LogP contribution in [0.5, 0.6) is 0 Å². The average Bonchev–Trinajstić information content (AvgIpc) is 1.87. The summed E-state index contributed by atoms with van der Waals surface area (Å²) in [6, 6.07) is 0. The molecular formula is C6H14OSi2. The molecule has 0 bridgehead atoms. The van der Waals surface area contributed by atoms with Gasteiger partial charge in [0.25, 0.3) is 0 Å². The standard InChI is InChI=1S/C6H14OSi2/c1-5-8(3)7-9(4)6-2/h5-6,8-9H,1-2H2,3-4H3. The van der Waals surface area contributed by atoms with Crippen molar-refractivity contribution in [3.8, 4) is 0 Å². The zero-order chi connectivity index (χ0) is 7.28. The van der Waals surface area contributed by atoms with Crippen molar-refractivity contribution in [2.45, 2.75) is 13.1 Å². The van der Waals surface area contributed by atoms with Crippen LogP contribution in [0.25, 0.3) is 0 Å². The molecule has 1 nitrogen and oxygen atoms in total. The Morgan fingerprint density at radius 3 is 1.67 bits per heavy atom. The second-order valence-corrected chi connectivity index (χ2v) is 6.87. The molecule has 0 fully saturated rings. The van der Waals surface area contributed by atoms with E-state index in [1.54, 1.807) is 0 Å². The Kier molecular flexibility index (Phi) is 4.66. The van der Waals surface area contributed by atoms with Crippen LogP contribution >= 0.6 is 0 Å². The Hall–Kier alpha value is -0.126. The molecule has 52 valence electrons. The van der Waals surface area contributed by atoms with Crippen LogP contribution in [0.3, 0.4) is 0 Å². The second-order valence-electron chi connectivity index (χ2n) is 2.02. The van der Waals surface area contributed by atoms with Crippen LogP contribution in [-0.4, -0.2) is 18.1 Å². The van der Waals surface area contributed by atoms with Crippen molar-refractivity contribution in [2.75, 3.05) is 0 Å². The highest BCUT2D eigenvalue weighted by atomic mass is 28.4. The lowest BCUT2D eigenvalue weighted by molar-refractivity contribution is 0.619. The van der Waals surface area contributed by atoms with Crippen LogP contribution < -0.4 is 0 Å². The monoisotopic (exact) mass is 158 g/mol. The van der Waals surface area contributed by atoms with Crippen LogP contribution in [0.1, 0.15) is 0 Å². The van der Waals surface area contributed by atoms with Crippen molar-refractivity contribution < 1.29 is 4.12 Å². The molecule has 0 rings (SSSR count). The third-order valence-electron chi connectivity index (χ3n) is 1.09. The van der Waals surface area contributed by atoms with Crippen molar-refractivity contribution in [1.29, 1.82) is 0 Å². The summed E-state index contributed by atoms with van der Waals surface area (Å²) in [7, 11) is -2.00. The molecule has 0 spiro atoms. The van der Waals surface area contributed by atoms with Gasteiger partial charge in [-0.05, 0) is 13.1 Å². The van der Waals surface area contributed by atoms with E-state index >= 15 is 0 Å². The fourth-order valence-corrected chi connectivity index (χ4v) is 4.05. The molecule has 2 unspecified atom stereocenters. The first kappa shape index (κ1) is 8.87. The van der Waals surface area contributed by atoms with Gasteiger partial charge in [0.15, 0.2) is 18.1 Å². The summed E-state index contributed by atoms with van der Waals surface area (Å²) in [5.74, 6) is 0. The van der Waals surface area contributed by atoms with E-state index in [0.717, 1.165) is 0 Å². The van der Waals surface area contributed by atoms with Gasteiger partial charge >= 0.3 is 0 Å². The molecule has 2 atom stereocenters. The van der Waals surface area contributed by atoms with E-state index in [1.165, 1.54) is 0 Å². The van der Waals surface area contributed by atoms with Crippen LogP contribution in [0.4, 0.5) is 0 Å². The zero-order valence-corrected chi connectivity index (χ0v) is 8.44. The van der Waals surface area contributed by atoms with Crippen LogP contribution in [-0.2, 0) is 4.12 Å². The van der Waals surface area contributed by atoms with Crippen LogP contribution in [0, 0.1) is 0 Å². The molecule has 0 saturated heterocycles. The fourth-order valence-electron chi connectivity index (χ4n) is 0.450. The van der Waals surface area contributed by atoms with Gasteiger partial charge in [0.05, 0.1) is 0 Å². The van der Waals surface area contributed by atoms with E-state index in [4.69, 9.17) is 4.12 Å². The normalized spacial score (nSPS) is 16.2. The average molecular weight is 158 g/mol. The summed E-state index contributed by atoms with van der Waals surface area (Å²) in [6.07, 6.45) is 0. The van der Waals surface area contributed by atoms with E-state index in [1.807, 2.05) is 11.4 Å². The first-order chi connectivity index (χ1) is 4.20. The fraction of sp³-hybridized carbons (Fsp3) is 0.333. The highest BCUT2D eigenvalue weighted by Crippen LogP contribution is 1.91. The van der Waals surface area contributed by atoms with Crippen LogP contribution in [0.15, 0.2) is 24.6 Å². The molecular weight excluding hydrogens is 144 g/mol. The lowest BCUT2D eigenvalue weighted by Crippen LogP contribution is -2.20. The van der Waals surface area contributed by atoms with Crippen molar-refractivity contribution in [3.63, 3.8) is 0 Å². The van der Waals surface area contributed by atoms with Gasteiger partial charge < -0.3 is 4.12 Å². The molecule has 0 aliphatic heterocycles. The van der Waals surface area contributed by atoms with E-state index < -0.39 is 18.1 Å². The third-order valence-corrected chi connectivity index (χ3v) is 5.86. The molecule has 0 aromatic rings. The lowest BCUT2D eigenvalue weighted by Gasteiger charge is -2.09.